The van der Waals surface area contributed by atoms with Crippen LogP contribution in [0.5, 0.6) is 0 Å². The SMILES string of the molecule is CCn1c(Sc2nc[nH]c(=O)c2Cl)n[nH]c1=O. The summed E-state index contributed by atoms with van der Waals surface area (Å²) in [6.07, 6.45) is 1.25. The summed E-state index contributed by atoms with van der Waals surface area (Å²) in [5.74, 6) is 0. The number of rotatable bonds is 3. The van der Waals surface area contributed by atoms with Crippen LogP contribution in [0.15, 0.2) is 26.1 Å². The van der Waals surface area contributed by atoms with Crippen molar-refractivity contribution < 1.29 is 0 Å². The largest absolute Gasteiger partial charge is 0.343 e. The first-order valence-electron chi connectivity index (χ1n) is 4.69. The highest BCUT2D eigenvalue weighted by Gasteiger charge is 2.13. The number of H-pyrrole nitrogens is 2. The summed E-state index contributed by atoms with van der Waals surface area (Å²) in [7, 11) is 0. The Morgan fingerprint density at radius 2 is 2.29 bits per heavy atom. The first-order valence-corrected chi connectivity index (χ1v) is 5.89. The predicted molar refractivity (Wildman–Crippen MR) is 62.5 cm³/mol. The van der Waals surface area contributed by atoms with Gasteiger partial charge in [0.05, 0.1) is 6.33 Å². The Kier molecular flexibility index (Phi) is 3.34. The number of nitrogens with one attached hydrogen (secondary N) is 2. The van der Waals surface area contributed by atoms with Crippen molar-refractivity contribution in [3.8, 4) is 0 Å². The second-order valence-corrected chi connectivity index (χ2v) is 4.34. The lowest BCUT2D eigenvalue weighted by Crippen LogP contribution is -2.16. The molecule has 0 amide bonds. The summed E-state index contributed by atoms with van der Waals surface area (Å²) in [6.45, 7) is 2.28. The van der Waals surface area contributed by atoms with Gasteiger partial charge in [-0.1, -0.05) is 11.6 Å². The molecule has 2 heterocycles. The van der Waals surface area contributed by atoms with Crippen LogP contribution >= 0.6 is 23.4 Å². The third kappa shape index (κ3) is 2.27. The molecule has 0 aliphatic heterocycles. The van der Waals surface area contributed by atoms with Gasteiger partial charge in [0.1, 0.15) is 10.0 Å². The summed E-state index contributed by atoms with van der Waals surface area (Å²) >= 11 is 6.85. The maximum absolute atomic E-state index is 11.3. The second kappa shape index (κ2) is 4.76. The Morgan fingerprint density at radius 3 is 3.00 bits per heavy atom. The number of hydrogen-bond donors (Lipinski definition) is 2. The average molecular weight is 274 g/mol. The lowest BCUT2D eigenvalue weighted by atomic mass is 10.7. The van der Waals surface area contributed by atoms with Crippen LogP contribution in [0.25, 0.3) is 0 Å². The fourth-order valence-electron chi connectivity index (χ4n) is 1.18. The summed E-state index contributed by atoms with van der Waals surface area (Å²) < 4.78 is 1.42. The Hall–Kier alpha value is -1.54. The highest BCUT2D eigenvalue weighted by atomic mass is 35.5. The minimum absolute atomic E-state index is 0.0180. The molecule has 0 radical (unpaired) electrons. The van der Waals surface area contributed by atoms with Crippen molar-refractivity contribution in [2.75, 3.05) is 0 Å². The fourth-order valence-corrected chi connectivity index (χ4v) is 2.28. The van der Waals surface area contributed by atoms with Crippen LogP contribution in [-0.2, 0) is 6.54 Å². The number of halogens is 1. The van der Waals surface area contributed by atoms with Gasteiger partial charge in [0, 0.05) is 6.54 Å². The molecule has 7 nitrogen and oxygen atoms in total. The maximum Gasteiger partial charge on any atom is 0.343 e. The smallest absolute Gasteiger partial charge is 0.312 e. The first-order chi connectivity index (χ1) is 8.13. The summed E-state index contributed by atoms with van der Waals surface area (Å²) in [5.41, 5.74) is -0.735. The number of hydrogen-bond acceptors (Lipinski definition) is 5. The lowest BCUT2D eigenvalue weighted by molar-refractivity contribution is 0.660. The zero-order chi connectivity index (χ0) is 12.4. The molecule has 0 aliphatic carbocycles. The molecule has 0 saturated carbocycles. The van der Waals surface area contributed by atoms with Crippen LogP contribution in [0.3, 0.4) is 0 Å². The van der Waals surface area contributed by atoms with E-state index in [0.29, 0.717) is 16.7 Å². The molecule has 0 saturated heterocycles. The zero-order valence-corrected chi connectivity index (χ0v) is 10.3. The van der Waals surface area contributed by atoms with Crippen LogP contribution < -0.4 is 11.2 Å². The van der Waals surface area contributed by atoms with Gasteiger partial charge in [-0.05, 0) is 18.7 Å². The molecule has 17 heavy (non-hydrogen) atoms. The van der Waals surface area contributed by atoms with Gasteiger partial charge < -0.3 is 4.98 Å². The van der Waals surface area contributed by atoms with E-state index in [9.17, 15) is 9.59 Å². The van der Waals surface area contributed by atoms with E-state index in [1.54, 1.807) is 0 Å². The normalized spacial score (nSPS) is 10.7. The predicted octanol–water partition coefficient (Wildman–Crippen LogP) is 0.479. The molecule has 90 valence electrons. The van der Waals surface area contributed by atoms with Gasteiger partial charge in [0.2, 0.25) is 0 Å². The van der Waals surface area contributed by atoms with Gasteiger partial charge in [0.15, 0.2) is 5.16 Å². The Labute approximate surface area is 104 Å². The Balaban J connectivity index is 2.41. The minimum atomic E-state index is -0.426. The molecule has 0 bridgehead atoms. The Bertz CT molecular complexity index is 646. The van der Waals surface area contributed by atoms with Crippen molar-refractivity contribution in [1.29, 1.82) is 0 Å². The lowest BCUT2D eigenvalue weighted by Gasteiger charge is -2.01. The fraction of sp³-hybridized carbons (Fsp3) is 0.250. The van der Waals surface area contributed by atoms with Crippen molar-refractivity contribution in [3.05, 3.63) is 32.2 Å². The standard InChI is InChI=1S/C8H8ClN5O2S/c1-2-14-7(16)12-13-8(14)17-6-4(9)5(15)10-3-11-6/h3H,2H2,1H3,(H,12,16)(H,10,11,15). The molecule has 2 aromatic rings. The molecule has 0 atom stereocenters. The topological polar surface area (TPSA) is 96.4 Å². The van der Waals surface area contributed by atoms with Crippen molar-refractivity contribution in [2.24, 2.45) is 0 Å². The second-order valence-electron chi connectivity index (χ2n) is 3.01. The minimum Gasteiger partial charge on any atom is -0.312 e. The van der Waals surface area contributed by atoms with E-state index in [4.69, 9.17) is 11.6 Å². The van der Waals surface area contributed by atoms with Crippen molar-refractivity contribution in [2.45, 2.75) is 23.7 Å². The van der Waals surface area contributed by atoms with Crippen LogP contribution in [0, 0.1) is 0 Å². The zero-order valence-electron chi connectivity index (χ0n) is 8.73. The van der Waals surface area contributed by atoms with Gasteiger partial charge >= 0.3 is 5.69 Å². The van der Waals surface area contributed by atoms with Crippen molar-refractivity contribution in [1.82, 2.24) is 24.7 Å². The van der Waals surface area contributed by atoms with E-state index in [2.05, 4.69) is 20.2 Å². The van der Waals surface area contributed by atoms with E-state index < -0.39 is 5.56 Å². The molecular formula is C8H8ClN5O2S. The quantitative estimate of drug-likeness (QED) is 0.793. The van der Waals surface area contributed by atoms with E-state index in [1.807, 2.05) is 6.92 Å². The van der Waals surface area contributed by atoms with E-state index in [1.165, 1.54) is 10.9 Å². The van der Waals surface area contributed by atoms with Crippen LogP contribution in [-0.4, -0.2) is 24.7 Å². The summed E-state index contributed by atoms with van der Waals surface area (Å²) in [6, 6.07) is 0. The van der Waals surface area contributed by atoms with Crippen molar-refractivity contribution >= 4 is 23.4 Å². The number of nitrogens with zero attached hydrogens (tertiary/aromatic N) is 3. The van der Waals surface area contributed by atoms with E-state index in [0.717, 1.165) is 11.8 Å². The van der Waals surface area contributed by atoms with Crippen LogP contribution in [0.4, 0.5) is 0 Å². The summed E-state index contributed by atoms with van der Waals surface area (Å²) in [4.78, 5) is 28.9. The number of aromatic nitrogens is 5. The average Bonchev–Trinajstić information content (AvgIpc) is 2.66. The molecule has 0 fully saturated rings. The molecule has 2 aromatic heterocycles. The van der Waals surface area contributed by atoms with Gasteiger partial charge in [0.25, 0.3) is 5.56 Å². The molecule has 9 heteroatoms. The highest BCUT2D eigenvalue weighted by molar-refractivity contribution is 7.99. The van der Waals surface area contributed by atoms with Crippen molar-refractivity contribution in [3.63, 3.8) is 0 Å². The third-order valence-corrected chi connectivity index (χ3v) is 3.45. The molecule has 2 rings (SSSR count). The van der Waals surface area contributed by atoms with Gasteiger partial charge in [-0.15, -0.1) is 5.10 Å². The molecule has 0 unspecified atom stereocenters. The van der Waals surface area contributed by atoms with Crippen LogP contribution in [0.1, 0.15) is 6.92 Å². The molecule has 0 aliphatic rings. The highest BCUT2D eigenvalue weighted by Crippen LogP contribution is 2.26. The molecular weight excluding hydrogens is 266 g/mol. The Morgan fingerprint density at radius 1 is 1.53 bits per heavy atom. The monoisotopic (exact) mass is 273 g/mol. The van der Waals surface area contributed by atoms with Gasteiger partial charge in [-0.25, -0.2) is 14.9 Å². The third-order valence-electron chi connectivity index (χ3n) is 1.99. The number of aromatic amines is 2. The molecule has 2 N–H and O–H groups in total. The molecule has 0 aromatic carbocycles. The van der Waals surface area contributed by atoms with E-state index in [-0.39, 0.29) is 10.7 Å². The van der Waals surface area contributed by atoms with E-state index >= 15 is 0 Å². The maximum atomic E-state index is 11.3. The summed E-state index contributed by atoms with van der Waals surface area (Å²) in [5, 5.41) is 6.86. The molecule has 0 spiro atoms. The van der Waals surface area contributed by atoms with Crippen LogP contribution in [0.2, 0.25) is 5.02 Å². The van der Waals surface area contributed by atoms with Gasteiger partial charge in [-0.2, -0.15) is 0 Å². The van der Waals surface area contributed by atoms with Gasteiger partial charge in [-0.3, -0.25) is 9.36 Å². The first kappa shape index (κ1) is 11.9.